The van der Waals surface area contributed by atoms with Gasteiger partial charge in [-0.3, -0.25) is 0 Å². The van der Waals surface area contributed by atoms with E-state index in [1.165, 1.54) is 21.5 Å². The summed E-state index contributed by atoms with van der Waals surface area (Å²) in [6, 6.07) is 44.0. The van der Waals surface area contributed by atoms with Crippen LogP contribution in [0.3, 0.4) is 0 Å². The summed E-state index contributed by atoms with van der Waals surface area (Å²) in [7, 11) is -1.78. The van der Waals surface area contributed by atoms with Gasteiger partial charge in [0.15, 0.2) is 0 Å². The molecule has 4 aromatic carbocycles. The Hall–Kier alpha value is -2.73. The summed E-state index contributed by atoms with van der Waals surface area (Å²) in [4.78, 5) is 0. The Labute approximate surface area is 162 Å². The van der Waals surface area contributed by atoms with E-state index >= 15 is 0 Å². The minimum Gasteiger partial charge on any atom is -0.412 e. The summed E-state index contributed by atoms with van der Waals surface area (Å²) in [6.07, 6.45) is 1.03. The summed E-state index contributed by atoms with van der Waals surface area (Å²) < 4.78 is 0. The molecule has 0 radical (unpaired) electrons. The molecule has 0 saturated heterocycles. The van der Waals surface area contributed by atoms with Gasteiger partial charge in [-0.05, 0) is 42.0 Å². The van der Waals surface area contributed by atoms with Crippen molar-refractivity contribution in [2.24, 2.45) is 0 Å². The molecule has 0 heterocycles. The van der Waals surface area contributed by atoms with Crippen molar-refractivity contribution in [3.05, 3.63) is 127 Å². The Balaban J connectivity index is 0.00000210. The predicted molar refractivity (Wildman–Crippen MR) is 119 cm³/mol. The fraction of sp³-hybridized carbons (Fsp3) is 0.0400. The molecule has 0 aliphatic carbocycles. The highest BCUT2D eigenvalue weighted by Gasteiger charge is 2.45. The number of benzene rings is 4. The van der Waals surface area contributed by atoms with Crippen LogP contribution in [0.2, 0.25) is 0 Å². The van der Waals surface area contributed by atoms with Gasteiger partial charge in [0, 0.05) is 0 Å². The van der Waals surface area contributed by atoms with Crippen molar-refractivity contribution in [1.29, 1.82) is 0 Å². The van der Waals surface area contributed by atoms with Gasteiger partial charge in [-0.1, -0.05) is 84.9 Å². The molecular formula is C25H24OP+. The minimum absolute atomic E-state index is 0. The molecule has 0 bridgehead atoms. The third kappa shape index (κ3) is 3.85. The van der Waals surface area contributed by atoms with E-state index in [0.29, 0.717) is 0 Å². The molecular weight excluding hydrogens is 347 g/mol. The van der Waals surface area contributed by atoms with Crippen molar-refractivity contribution in [2.75, 3.05) is 0 Å². The van der Waals surface area contributed by atoms with Gasteiger partial charge in [0.1, 0.15) is 23.2 Å². The highest BCUT2D eigenvalue weighted by atomic mass is 31.2. The quantitative estimate of drug-likeness (QED) is 0.467. The van der Waals surface area contributed by atoms with E-state index in [1.54, 1.807) is 0 Å². The van der Waals surface area contributed by atoms with Crippen LogP contribution < -0.4 is 15.9 Å². The van der Waals surface area contributed by atoms with E-state index in [4.69, 9.17) is 0 Å². The van der Waals surface area contributed by atoms with E-state index in [0.717, 1.165) is 6.16 Å². The molecule has 27 heavy (non-hydrogen) atoms. The maximum absolute atomic E-state index is 2.30. The van der Waals surface area contributed by atoms with Crippen molar-refractivity contribution in [3.63, 3.8) is 0 Å². The standard InChI is InChI=1S/C25H22P.H2O/c1-5-13-22(14-6-1)21-26(23-15-7-2-8-16-23,24-17-9-3-10-18-24)25-19-11-4-12-20-25;/h1-20H,21H2;1H2/q+1;. The fourth-order valence-electron chi connectivity index (χ4n) is 3.63. The van der Waals surface area contributed by atoms with Crippen molar-refractivity contribution in [3.8, 4) is 0 Å². The first-order chi connectivity index (χ1) is 12.9. The minimum atomic E-state index is -1.78. The van der Waals surface area contributed by atoms with Crippen LogP contribution in [0.15, 0.2) is 121 Å². The number of hydrogen-bond donors (Lipinski definition) is 0. The molecule has 134 valence electrons. The number of rotatable bonds is 5. The third-order valence-electron chi connectivity index (χ3n) is 4.85. The van der Waals surface area contributed by atoms with E-state index in [1.807, 2.05) is 0 Å². The molecule has 2 N–H and O–H groups in total. The van der Waals surface area contributed by atoms with Crippen molar-refractivity contribution >= 4 is 23.2 Å². The Bertz CT molecular complexity index is 842. The molecule has 0 atom stereocenters. The molecule has 4 aromatic rings. The summed E-state index contributed by atoms with van der Waals surface area (Å²) in [5.41, 5.74) is 1.39. The van der Waals surface area contributed by atoms with Gasteiger partial charge in [-0.15, -0.1) is 0 Å². The smallest absolute Gasteiger partial charge is 0.116 e. The Morgan fingerprint density at radius 3 is 1.04 bits per heavy atom. The molecule has 0 aliphatic rings. The van der Waals surface area contributed by atoms with E-state index in [2.05, 4.69) is 121 Å². The molecule has 0 unspecified atom stereocenters. The lowest BCUT2D eigenvalue weighted by Gasteiger charge is -2.27. The van der Waals surface area contributed by atoms with Gasteiger partial charge >= 0.3 is 0 Å². The molecule has 0 aromatic heterocycles. The largest absolute Gasteiger partial charge is 0.412 e. The molecule has 4 rings (SSSR count). The highest BCUT2D eigenvalue weighted by molar-refractivity contribution is 7.95. The van der Waals surface area contributed by atoms with Crippen molar-refractivity contribution in [2.45, 2.75) is 6.16 Å². The van der Waals surface area contributed by atoms with Crippen molar-refractivity contribution < 1.29 is 5.48 Å². The molecule has 0 amide bonds. The average molecular weight is 371 g/mol. The third-order valence-corrected chi connectivity index (χ3v) is 9.23. The highest BCUT2D eigenvalue weighted by Crippen LogP contribution is 2.58. The van der Waals surface area contributed by atoms with Crippen molar-refractivity contribution in [1.82, 2.24) is 0 Å². The second kappa shape index (κ2) is 8.77. The molecule has 0 saturated carbocycles. The van der Waals surface area contributed by atoms with Gasteiger partial charge in [0.2, 0.25) is 0 Å². The Kier molecular flexibility index (Phi) is 6.19. The Morgan fingerprint density at radius 2 is 0.704 bits per heavy atom. The zero-order chi connectivity index (χ0) is 17.7. The zero-order valence-corrected chi connectivity index (χ0v) is 16.1. The summed E-state index contributed by atoms with van der Waals surface area (Å²) >= 11 is 0. The molecule has 0 aliphatic heterocycles. The fourth-order valence-corrected chi connectivity index (χ4v) is 7.87. The van der Waals surface area contributed by atoms with E-state index < -0.39 is 7.26 Å². The van der Waals surface area contributed by atoms with Crippen LogP contribution in [0.1, 0.15) is 5.56 Å². The van der Waals surface area contributed by atoms with Gasteiger partial charge in [-0.25, -0.2) is 0 Å². The van der Waals surface area contributed by atoms with Gasteiger partial charge in [0.05, 0.1) is 6.16 Å². The Morgan fingerprint density at radius 1 is 0.407 bits per heavy atom. The van der Waals surface area contributed by atoms with E-state index in [9.17, 15) is 0 Å². The SMILES string of the molecule is O.c1ccc(C[P+](c2ccccc2)(c2ccccc2)c2ccccc2)cc1. The van der Waals surface area contributed by atoms with Crippen LogP contribution in [0.25, 0.3) is 0 Å². The molecule has 0 fully saturated rings. The van der Waals surface area contributed by atoms with Crippen LogP contribution in [0.5, 0.6) is 0 Å². The molecule has 0 spiro atoms. The topological polar surface area (TPSA) is 31.5 Å². The summed E-state index contributed by atoms with van der Waals surface area (Å²) in [5, 5.41) is 4.30. The molecule has 2 heteroatoms. The second-order valence-electron chi connectivity index (χ2n) is 6.46. The summed E-state index contributed by atoms with van der Waals surface area (Å²) in [5.74, 6) is 0. The lowest BCUT2D eigenvalue weighted by atomic mass is 10.2. The monoisotopic (exact) mass is 371 g/mol. The normalized spacial score (nSPS) is 10.8. The molecule has 1 nitrogen and oxygen atoms in total. The van der Waals surface area contributed by atoms with Crippen LogP contribution >= 0.6 is 7.26 Å². The number of hydrogen-bond acceptors (Lipinski definition) is 0. The maximum Gasteiger partial charge on any atom is 0.116 e. The van der Waals surface area contributed by atoms with Crippen LogP contribution in [0, 0.1) is 0 Å². The van der Waals surface area contributed by atoms with Gasteiger partial charge < -0.3 is 5.48 Å². The lowest BCUT2D eigenvalue weighted by Crippen LogP contribution is -2.32. The first-order valence-electron chi connectivity index (χ1n) is 8.98. The average Bonchev–Trinajstić information content (AvgIpc) is 2.75. The maximum atomic E-state index is 2.30. The van der Waals surface area contributed by atoms with Gasteiger partial charge in [0.25, 0.3) is 0 Å². The van der Waals surface area contributed by atoms with Crippen LogP contribution in [0.4, 0.5) is 0 Å². The lowest BCUT2D eigenvalue weighted by molar-refractivity contribution is 0.824. The summed E-state index contributed by atoms with van der Waals surface area (Å²) in [6.45, 7) is 0. The first-order valence-corrected chi connectivity index (χ1v) is 11.0. The first kappa shape index (κ1) is 19.0. The second-order valence-corrected chi connectivity index (χ2v) is 9.95. The van der Waals surface area contributed by atoms with Gasteiger partial charge in [-0.2, -0.15) is 0 Å². The van der Waals surface area contributed by atoms with Crippen LogP contribution in [-0.4, -0.2) is 5.48 Å². The predicted octanol–water partition coefficient (Wildman–Crippen LogP) is 4.36. The van der Waals surface area contributed by atoms with Crippen LogP contribution in [-0.2, 0) is 6.16 Å². The van der Waals surface area contributed by atoms with E-state index in [-0.39, 0.29) is 5.48 Å². The zero-order valence-electron chi connectivity index (χ0n) is 15.2.